The number of phenols is 2. The third-order valence-electron chi connectivity index (χ3n) is 4.84. The number of aromatic hydroxyl groups is 2. The molecule has 21 heavy (non-hydrogen) atoms. The van der Waals surface area contributed by atoms with E-state index in [0.29, 0.717) is 11.5 Å². The minimum absolute atomic E-state index is 0.0619. The Balaban J connectivity index is 2.14. The molecular formula is C19H22O2. The molecular weight excluding hydrogens is 260 g/mol. The second-order valence-electron chi connectivity index (χ2n) is 6.50. The maximum absolute atomic E-state index is 9.98. The van der Waals surface area contributed by atoms with Crippen molar-refractivity contribution in [2.24, 2.45) is 0 Å². The molecule has 1 aliphatic rings. The highest BCUT2D eigenvalue weighted by Gasteiger charge is 2.46. The molecule has 110 valence electrons. The Bertz CT molecular complexity index is 619. The molecule has 0 heterocycles. The molecule has 0 amide bonds. The Morgan fingerprint density at radius 1 is 0.667 bits per heavy atom. The Kier molecular flexibility index (Phi) is 3.01. The summed E-state index contributed by atoms with van der Waals surface area (Å²) in [5, 5.41) is 20.0. The smallest absolute Gasteiger partial charge is 0.121 e. The zero-order chi connectivity index (χ0) is 15.4. The first-order valence-electron chi connectivity index (χ1n) is 7.46. The van der Waals surface area contributed by atoms with Crippen LogP contribution >= 0.6 is 0 Å². The zero-order valence-electron chi connectivity index (χ0n) is 13.1. The van der Waals surface area contributed by atoms with E-state index in [1.807, 2.05) is 27.7 Å². The highest BCUT2D eigenvalue weighted by molar-refractivity contribution is 5.54. The van der Waals surface area contributed by atoms with Crippen molar-refractivity contribution in [3.8, 4) is 11.5 Å². The van der Waals surface area contributed by atoms with Crippen LogP contribution in [0.5, 0.6) is 11.5 Å². The third kappa shape index (κ3) is 2.10. The number of hydrogen-bond acceptors (Lipinski definition) is 2. The highest BCUT2D eigenvalue weighted by Crippen LogP contribution is 2.55. The van der Waals surface area contributed by atoms with Crippen LogP contribution in [0.4, 0.5) is 0 Å². The van der Waals surface area contributed by atoms with Gasteiger partial charge in [0.15, 0.2) is 0 Å². The number of aryl methyl sites for hydroxylation is 4. The second kappa shape index (κ2) is 4.52. The molecule has 0 aromatic heterocycles. The van der Waals surface area contributed by atoms with Gasteiger partial charge in [-0.1, -0.05) is 24.3 Å². The van der Waals surface area contributed by atoms with E-state index in [9.17, 15) is 10.2 Å². The van der Waals surface area contributed by atoms with Crippen molar-refractivity contribution in [3.63, 3.8) is 0 Å². The largest absolute Gasteiger partial charge is 0.507 e. The van der Waals surface area contributed by atoms with E-state index < -0.39 is 0 Å². The summed E-state index contributed by atoms with van der Waals surface area (Å²) in [6, 6.07) is 8.42. The predicted molar refractivity (Wildman–Crippen MR) is 85.2 cm³/mol. The summed E-state index contributed by atoms with van der Waals surface area (Å²) in [6.45, 7) is 7.81. The van der Waals surface area contributed by atoms with Gasteiger partial charge in [0.25, 0.3) is 0 Å². The quantitative estimate of drug-likeness (QED) is 0.856. The molecule has 0 unspecified atom stereocenters. The van der Waals surface area contributed by atoms with Crippen LogP contribution in [0.15, 0.2) is 24.3 Å². The minimum Gasteiger partial charge on any atom is -0.507 e. The molecule has 2 aromatic carbocycles. The lowest BCUT2D eigenvalue weighted by atomic mass is 9.84. The fourth-order valence-electron chi connectivity index (χ4n) is 3.33. The SMILES string of the molecule is Cc1cc(C2(c3cc(C)c(O)c(C)c3)CC2)cc(C)c1O. The van der Waals surface area contributed by atoms with Crippen LogP contribution in [-0.2, 0) is 5.41 Å². The van der Waals surface area contributed by atoms with Crippen molar-refractivity contribution >= 4 is 0 Å². The van der Waals surface area contributed by atoms with Gasteiger partial charge in [-0.15, -0.1) is 0 Å². The summed E-state index contributed by atoms with van der Waals surface area (Å²) in [6.07, 6.45) is 2.25. The van der Waals surface area contributed by atoms with Crippen LogP contribution in [0.25, 0.3) is 0 Å². The maximum atomic E-state index is 9.98. The summed E-state index contributed by atoms with van der Waals surface area (Å²) in [5.74, 6) is 0.792. The van der Waals surface area contributed by atoms with Gasteiger partial charge in [-0.3, -0.25) is 0 Å². The van der Waals surface area contributed by atoms with E-state index in [-0.39, 0.29) is 5.41 Å². The molecule has 2 heteroatoms. The molecule has 3 rings (SSSR count). The lowest BCUT2D eigenvalue weighted by Crippen LogP contribution is -2.10. The van der Waals surface area contributed by atoms with E-state index in [4.69, 9.17) is 0 Å². The van der Waals surface area contributed by atoms with Gasteiger partial charge in [0.1, 0.15) is 11.5 Å². The normalized spacial score (nSPS) is 16.0. The fraction of sp³-hybridized carbons (Fsp3) is 0.368. The summed E-state index contributed by atoms with van der Waals surface area (Å²) in [7, 11) is 0. The number of benzene rings is 2. The van der Waals surface area contributed by atoms with Gasteiger partial charge in [-0.05, 0) is 73.9 Å². The summed E-state index contributed by atoms with van der Waals surface area (Å²) in [5.41, 5.74) is 6.35. The second-order valence-corrected chi connectivity index (χ2v) is 6.50. The lowest BCUT2D eigenvalue weighted by molar-refractivity contribution is 0.466. The molecule has 0 saturated heterocycles. The Morgan fingerprint density at radius 2 is 0.952 bits per heavy atom. The van der Waals surface area contributed by atoms with E-state index in [1.54, 1.807) is 0 Å². The first-order chi connectivity index (χ1) is 9.85. The van der Waals surface area contributed by atoms with Crippen molar-refractivity contribution < 1.29 is 10.2 Å². The lowest BCUT2D eigenvalue weighted by Gasteiger charge is -2.20. The number of rotatable bonds is 2. The van der Waals surface area contributed by atoms with E-state index in [0.717, 1.165) is 35.1 Å². The molecule has 2 nitrogen and oxygen atoms in total. The Labute approximate surface area is 126 Å². The summed E-state index contributed by atoms with van der Waals surface area (Å²) in [4.78, 5) is 0. The summed E-state index contributed by atoms with van der Waals surface area (Å²) >= 11 is 0. The topological polar surface area (TPSA) is 40.5 Å². The molecule has 1 aliphatic carbocycles. The molecule has 0 bridgehead atoms. The third-order valence-corrected chi connectivity index (χ3v) is 4.84. The Morgan fingerprint density at radius 3 is 1.19 bits per heavy atom. The number of phenolic OH excluding ortho intramolecular Hbond substituents is 2. The standard InChI is InChI=1S/C19H22O2/c1-11-7-15(8-12(2)17(11)20)19(5-6-19)16-9-13(3)18(21)14(4)10-16/h7-10,20-21H,5-6H2,1-4H3. The van der Waals surface area contributed by atoms with Gasteiger partial charge in [-0.25, -0.2) is 0 Å². The van der Waals surface area contributed by atoms with Crippen molar-refractivity contribution in [1.29, 1.82) is 0 Å². The molecule has 2 aromatic rings. The zero-order valence-corrected chi connectivity index (χ0v) is 13.1. The average Bonchev–Trinajstić information content (AvgIpc) is 3.22. The van der Waals surface area contributed by atoms with Gasteiger partial charge in [0.2, 0.25) is 0 Å². The summed E-state index contributed by atoms with van der Waals surface area (Å²) < 4.78 is 0. The first-order valence-corrected chi connectivity index (χ1v) is 7.46. The van der Waals surface area contributed by atoms with Crippen molar-refractivity contribution in [2.45, 2.75) is 46.0 Å². The van der Waals surface area contributed by atoms with E-state index in [2.05, 4.69) is 24.3 Å². The molecule has 1 fully saturated rings. The number of hydrogen-bond donors (Lipinski definition) is 2. The molecule has 1 saturated carbocycles. The highest BCUT2D eigenvalue weighted by atomic mass is 16.3. The molecule has 0 aliphatic heterocycles. The van der Waals surface area contributed by atoms with Gasteiger partial charge in [0, 0.05) is 5.41 Å². The molecule has 0 radical (unpaired) electrons. The van der Waals surface area contributed by atoms with Gasteiger partial charge in [0.05, 0.1) is 0 Å². The van der Waals surface area contributed by atoms with Crippen LogP contribution < -0.4 is 0 Å². The van der Waals surface area contributed by atoms with Crippen molar-refractivity contribution in [2.75, 3.05) is 0 Å². The monoisotopic (exact) mass is 282 g/mol. The van der Waals surface area contributed by atoms with Gasteiger partial charge >= 0.3 is 0 Å². The minimum atomic E-state index is 0.0619. The van der Waals surface area contributed by atoms with Gasteiger partial charge < -0.3 is 10.2 Å². The first kappa shape index (κ1) is 14.0. The Hall–Kier alpha value is -1.96. The van der Waals surface area contributed by atoms with Crippen LogP contribution in [-0.4, -0.2) is 10.2 Å². The fourth-order valence-corrected chi connectivity index (χ4v) is 3.33. The average molecular weight is 282 g/mol. The molecule has 0 atom stereocenters. The van der Waals surface area contributed by atoms with Crippen LogP contribution in [0.2, 0.25) is 0 Å². The van der Waals surface area contributed by atoms with Gasteiger partial charge in [-0.2, -0.15) is 0 Å². The van der Waals surface area contributed by atoms with Crippen molar-refractivity contribution in [3.05, 3.63) is 57.6 Å². The van der Waals surface area contributed by atoms with Crippen LogP contribution in [0.3, 0.4) is 0 Å². The molecule has 2 N–H and O–H groups in total. The molecule has 0 spiro atoms. The maximum Gasteiger partial charge on any atom is 0.121 e. The van der Waals surface area contributed by atoms with E-state index in [1.165, 1.54) is 11.1 Å². The van der Waals surface area contributed by atoms with E-state index >= 15 is 0 Å². The van der Waals surface area contributed by atoms with Crippen LogP contribution in [0.1, 0.15) is 46.2 Å². The van der Waals surface area contributed by atoms with Crippen LogP contribution in [0, 0.1) is 27.7 Å². The predicted octanol–water partition coefficient (Wildman–Crippen LogP) is 4.41. The van der Waals surface area contributed by atoms with Crippen molar-refractivity contribution in [1.82, 2.24) is 0 Å².